The molecule has 0 saturated carbocycles. The predicted molar refractivity (Wildman–Crippen MR) is 102 cm³/mol. The van der Waals surface area contributed by atoms with Gasteiger partial charge in [0.1, 0.15) is 6.04 Å². The van der Waals surface area contributed by atoms with Gasteiger partial charge >= 0.3 is 0 Å². The van der Waals surface area contributed by atoms with Gasteiger partial charge in [0.15, 0.2) is 9.84 Å². The van der Waals surface area contributed by atoms with Crippen molar-refractivity contribution in [2.75, 3.05) is 29.9 Å². The van der Waals surface area contributed by atoms with Crippen LogP contribution < -0.4 is 5.32 Å². The van der Waals surface area contributed by atoms with Crippen LogP contribution in [0.1, 0.15) is 11.6 Å². The van der Waals surface area contributed by atoms with Crippen LogP contribution in [0.2, 0.25) is 0 Å². The highest BCUT2D eigenvalue weighted by atomic mass is 79.9. The van der Waals surface area contributed by atoms with Crippen molar-refractivity contribution in [3.8, 4) is 0 Å². The van der Waals surface area contributed by atoms with Gasteiger partial charge in [-0.2, -0.15) is 0 Å². The van der Waals surface area contributed by atoms with Gasteiger partial charge in [-0.3, -0.25) is 9.69 Å². The number of sulfone groups is 1. The zero-order valence-electron chi connectivity index (χ0n) is 13.6. The van der Waals surface area contributed by atoms with Crippen molar-refractivity contribution >= 4 is 37.4 Å². The van der Waals surface area contributed by atoms with Crippen molar-refractivity contribution in [2.45, 2.75) is 6.04 Å². The van der Waals surface area contributed by atoms with Gasteiger partial charge in [0, 0.05) is 23.2 Å². The largest absolute Gasteiger partial charge is 0.324 e. The second kappa shape index (κ2) is 7.68. The van der Waals surface area contributed by atoms with Gasteiger partial charge < -0.3 is 5.32 Å². The Morgan fingerprint density at radius 3 is 2.20 bits per heavy atom. The summed E-state index contributed by atoms with van der Waals surface area (Å²) >= 11 is 3.37. The molecule has 0 spiro atoms. The summed E-state index contributed by atoms with van der Waals surface area (Å²) in [6.45, 7) is 0.714. The van der Waals surface area contributed by atoms with E-state index in [1.165, 1.54) is 0 Å². The molecule has 3 rings (SSSR count). The van der Waals surface area contributed by atoms with Gasteiger partial charge in [0.05, 0.1) is 11.5 Å². The first-order valence-corrected chi connectivity index (χ1v) is 10.6. The molecule has 0 bridgehead atoms. The number of rotatable bonds is 4. The average Bonchev–Trinajstić information content (AvgIpc) is 2.60. The molecular weight excluding hydrogens is 404 g/mol. The molecule has 1 heterocycles. The summed E-state index contributed by atoms with van der Waals surface area (Å²) in [5.74, 6) is 0.0110. The van der Waals surface area contributed by atoms with Crippen molar-refractivity contribution in [3.63, 3.8) is 0 Å². The Kier molecular flexibility index (Phi) is 5.56. The lowest BCUT2D eigenvalue weighted by Crippen LogP contribution is -2.46. The van der Waals surface area contributed by atoms with Gasteiger partial charge in [0.2, 0.25) is 5.91 Å². The summed E-state index contributed by atoms with van der Waals surface area (Å²) in [4.78, 5) is 14.9. The van der Waals surface area contributed by atoms with Crippen molar-refractivity contribution < 1.29 is 13.2 Å². The molecule has 1 N–H and O–H groups in total. The predicted octanol–water partition coefficient (Wildman–Crippen LogP) is 2.86. The summed E-state index contributed by atoms with van der Waals surface area (Å²) in [6.07, 6.45) is 0. The molecule has 2 aromatic carbocycles. The summed E-state index contributed by atoms with van der Waals surface area (Å²) in [5, 5.41) is 2.93. The molecule has 1 aliphatic rings. The third kappa shape index (κ3) is 4.68. The molecule has 1 atom stereocenters. The molecule has 1 fully saturated rings. The van der Waals surface area contributed by atoms with E-state index in [-0.39, 0.29) is 17.4 Å². The lowest BCUT2D eigenvalue weighted by Gasteiger charge is -2.33. The molecule has 0 radical (unpaired) electrons. The quantitative estimate of drug-likeness (QED) is 0.822. The standard InChI is InChI=1S/C18H19BrN2O3S/c19-15-6-8-16(9-7-15)20-18(22)17(14-4-2-1-3-5-14)21-10-12-25(23,24)13-11-21/h1-9,17H,10-13H2,(H,20,22). The number of hydrogen-bond donors (Lipinski definition) is 1. The van der Waals surface area contributed by atoms with Crippen LogP contribution in [0.5, 0.6) is 0 Å². The fraction of sp³-hybridized carbons (Fsp3) is 0.278. The van der Waals surface area contributed by atoms with E-state index in [2.05, 4.69) is 21.2 Å². The van der Waals surface area contributed by atoms with Crippen molar-refractivity contribution in [3.05, 3.63) is 64.6 Å². The minimum Gasteiger partial charge on any atom is -0.324 e. The van der Waals surface area contributed by atoms with Gasteiger partial charge in [-0.15, -0.1) is 0 Å². The van der Waals surface area contributed by atoms with Crippen LogP contribution in [-0.4, -0.2) is 43.8 Å². The SMILES string of the molecule is O=C(Nc1ccc(Br)cc1)C(c1ccccc1)N1CCS(=O)(=O)CC1. The second-order valence-electron chi connectivity index (χ2n) is 6.00. The topological polar surface area (TPSA) is 66.5 Å². The van der Waals surface area contributed by atoms with E-state index >= 15 is 0 Å². The van der Waals surface area contributed by atoms with Crippen LogP contribution in [0.25, 0.3) is 0 Å². The highest BCUT2D eigenvalue weighted by Crippen LogP contribution is 2.25. The number of hydrogen-bond acceptors (Lipinski definition) is 4. The molecule has 7 heteroatoms. The van der Waals surface area contributed by atoms with Crippen molar-refractivity contribution in [2.24, 2.45) is 0 Å². The zero-order chi connectivity index (χ0) is 17.9. The number of nitrogens with zero attached hydrogens (tertiary/aromatic N) is 1. The fourth-order valence-corrected chi connectivity index (χ4v) is 4.39. The molecule has 1 saturated heterocycles. The van der Waals surface area contributed by atoms with Gasteiger partial charge in [-0.25, -0.2) is 8.42 Å². The molecule has 2 aromatic rings. The molecule has 5 nitrogen and oxygen atoms in total. The smallest absolute Gasteiger partial charge is 0.246 e. The van der Waals surface area contributed by atoms with Gasteiger partial charge in [-0.1, -0.05) is 46.3 Å². The van der Waals surface area contributed by atoms with Crippen LogP contribution in [0.3, 0.4) is 0 Å². The lowest BCUT2D eigenvalue weighted by atomic mass is 10.0. The number of anilines is 1. The van der Waals surface area contributed by atoms with E-state index in [9.17, 15) is 13.2 Å². The summed E-state index contributed by atoms with van der Waals surface area (Å²) in [6, 6.07) is 16.3. The minimum atomic E-state index is -3.00. The van der Waals surface area contributed by atoms with Crippen LogP contribution in [0, 0.1) is 0 Å². The Hall–Kier alpha value is -1.70. The Morgan fingerprint density at radius 1 is 1.00 bits per heavy atom. The Balaban J connectivity index is 1.83. The molecule has 1 aliphatic heterocycles. The summed E-state index contributed by atoms with van der Waals surface area (Å²) in [7, 11) is -3.00. The zero-order valence-corrected chi connectivity index (χ0v) is 16.0. The first-order valence-electron chi connectivity index (χ1n) is 8.00. The Morgan fingerprint density at radius 2 is 1.60 bits per heavy atom. The molecule has 0 aliphatic carbocycles. The normalized spacial score (nSPS) is 18.4. The second-order valence-corrected chi connectivity index (χ2v) is 9.22. The number of benzene rings is 2. The third-order valence-corrected chi connectivity index (χ3v) is 6.36. The molecule has 132 valence electrons. The first kappa shape index (κ1) is 18.1. The number of carbonyl (C=O) groups excluding carboxylic acids is 1. The summed E-state index contributed by atoms with van der Waals surface area (Å²) < 4.78 is 24.4. The number of amides is 1. The molecule has 25 heavy (non-hydrogen) atoms. The van der Waals surface area contributed by atoms with E-state index in [4.69, 9.17) is 0 Å². The van der Waals surface area contributed by atoms with Crippen LogP contribution in [-0.2, 0) is 14.6 Å². The lowest BCUT2D eigenvalue weighted by molar-refractivity contribution is -0.121. The first-order chi connectivity index (χ1) is 11.9. The van der Waals surface area contributed by atoms with E-state index in [0.717, 1.165) is 10.0 Å². The van der Waals surface area contributed by atoms with Crippen LogP contribution >= 0.6 is 15.9 Å². The van der Waals surface area contributed by atoms with Crippen LogP contribution in [0.4, 0.5) is 5.69 Å². The summed E-state index contributed by atoms with van der Waals surface area (Å²) in [5.41, 5.74) is 1.56. The highest BCUT2D eigenvalue weighted by molar-refractivity contribution is 9.10. The van der Waals surface area contributed by atoms with Gasteiger partial charge in [-0.05, 0) is 29.8 Å². The molecule has 1 unspecified atom stereocenters. The molecular formula is C18H19BrN2O3S. The maximum atomic E-state index is 12.9. The maximum Gasteiger partial charge on any atom is 0.246 e. The number of carbonyl (C=O) groups is 1. The molecule has 0 aromatic heterocycles. The van der Waals surface area contributed by atoms with Crippen LogP contribution in [0.15, 0.2) is 59.1 Å². The number of halogens is 1. The monoisotopic (exact) mass is 422 g/mol. The van der Waals surface area contributed by atoms with Crippen molar-refractivity contribution in [1.29, 1.82) is 0 Å². The van der Waals surface area contributed by atoms with Gasteiger partial charge in [0.25, 0.3) is 0 Å². The minimum absolute atomic E-state index is 0.0852. The van der Waals surface area contributed by atoms with E-state index in [0.29, 0.717) is 18.8 Å². The molecule has 1 amide bonds. The third-order valence-electron chi connectivity index (χ3n) is 4.22. The van der Waals surface area contributed by atoms with E-state index < -0.39 is 15.9 Å². The Labute approximate surface area is 156 Å². The van der Waals surface area contributed by atoms with E-state index in [1.807, 2.05) is 59.5 Å². The number of nitrogens with one attached hydrogen (secondary N) is 1. The van der Waals surface area contributed by atoms with Crippen molar-refractivity contribution in [1.82, 2.24) is 4.90 Å². The average molecular weight is 423 g/mol. The maximum absolute atomic E-state index is 12.9. The highest BCUT2D eigenvalue weighted by Gasteiger charge is 2.32. The fourth-order valence-electron chi connectivity index (χ4n) is 2.89. The van der Waals surface area contributed by atoms with E-state index in [1.54, 1.807) is 0 Å². The Bertz CT molecular complexity index is 824.